The zero-order valence-corrected chi connectivity index (χ0v) is 19.5. The molecule has 1 heterocycles. The fourth-order valence-electron chi connectivity index (χ4n) is 2.81. The topological polar surface area (TPSA) is 89.2 Å². The molecular formula is C19H28F3IN4O3. The molecule has 2 rings (SSSR count). The van der Waals surface area contributed by atoms with E-state index >= 15 is 0 Å². The fraction of sp³-hybridized carbons (Fsp3) is 0.579. The summed E-state index contributed by atoms with van der Waals surface area (Å²) in [6, 6.07) is 5.60. The van der Waals surface area contributed by atoms with Crippen LogP contribution in [0, 0.1) is 5.92 Å². The largest absolute Gasteiger partial charge is 0.573 e. The van der Waals surface area contributed by atoms with Crippen molar-refractivity contribution in [3.05, 3.63) is 24.3 Å². The van der Waals surface area contributed by atoms with Crippen LogP contribution in [0.5, 0.6) is 5.75 Å². The Labute approximate surface area is 191 Å². The average molecular weight is 544 g/mol. The number of rotatable bonds is 4. The summed E-state index contributed by atoms with van der Waals surface area (Å²) in [5, 5.41) is 2.64. The number of halogens is 4. The third-order valence-electron chi connectivity index (χ3n) is 4.16. The van der Waals surface area contributed by atoms with E-state index in [-0.39, 0.29) is 53.4 Å². The van der Waals surface area contributed by atoms with Crippen molar-refractivity contribution in [1.82, 2.24) is 4.90 Å². The highest BCUT2D eigenvalue weighted by Gasteiger charge is 2.32. The van der Waals surface area contributed by atoms with E-state index in [1.807, 2.05) is 20.8 Å². The lowest BCUT2D eigenvalue weighted by Gasteiger charge is -2.33. The number of carbonyl (C=O) groups is 1. The first-order valence-corrected chi connectivity index (χ1v) is 9.32. The van der Waals surface area contributed by atoms with Crippen molar-refractivity contribution < 1.29 is 27.4 Å². The van der Waals surface area contributed by atoms with Gasteiger partial charge in [0.05, 0.1) is 5.69 Å². The summed E-state index contributed by atoms with van der Waals surface area (Å²) in [5.41, 5.74) is 5.36. The number of hydrogen-bond donors (Lipinski definition) is 2. The summed E-state index contributed by atoms with van der Waals surface area (Å²) in [6.45, 7) is 6.98. The Balaban J connectivity index is 0.00000450. The van der Waals surface area contributed by atoms with E-state index < -0.39 is 12.0 Å². The first-order valence-electron chi connectivity index (χ1n) is 9.32. The number of amides is 1. The molecule has 0 atom stereocenters. The molecule has 30 heavy (non-hydrogen) atoms. The number of hydrogen-bond acceptors (Lipinski definition) is 4. The molecule has 0 aromatic heterocycles. The second-order valence-corrected chi connectivity index (χ2v) is 7.81. The number of guanidine groups is 1. The number of ether oxygens (including phenoxy) is 2. The third-order valence-corrected chi connectivity index (χ3v) is 4.16. The van der Waals surface area contributed by atoms with Crippen LogP contribution >= 0.6 is 24.0 Å². The maximum Gasteiger partial charge on any atom is 0.573 e. The number of anilines is 1. The van der Waals surface area contributed by atoms with Gasteiger partial charge in [0.2, 0.25) is 0 Å². The molecule has 3 N–H and O–H groups in total. The molecule has 1 amide bonds. The van der Waals surface area contributed by atoms with E-state index in [9.17, 15) is 18.0 Å². The van der Waals surface area contributed by atoms with Crippen LogP contribution in [0.1, 0.15) is 33.6 Å². The van der Waals surface area contributed by atoms with E-state index in [0.29, 0.717) is 19.6 Å². The van der Waals surface area contributed by atoms with Crippen molar-refractivity contribution in [2.24, 2.45) is 16.6 Å². The van der Waals surface area contributed by atoms with Crippen LogP contribution in [0.4, 0.5) is 23.7 Å². The maximum atomic E-state index is 12.5. The minimum absolute atomic E-state index is 0. The molecule has 0 spiro atoms. The lowest BCUT2D eigenvalue weighted by atomic mass is 9.97. The Morgan fingerprint density at radius 1 is 1.23 bits per heavy atom. The first kappa shape index (κ1) is 26.1. The Hall–Kier alpha value is -1.92. The van der Waals surface area contributed by atoms with Crippen molar-refractivity contribution in [2.75, 3.05) is 25.0 Å². The van der Waals surface area contributed by atoms with Gasteiger partial charge in [-0.15, -0.1) is 37.1 Å². The molecule has 170 valence electrons. The number of nitrogens with two attached hydrogens (primary N) is 1. The van der Waals surface area contributed by atoms with Crippen molar-refractivity contribution in [3.63, 3.8) is 0 Å². The molecule has 0 aliphatic carbocycles. The van der Waals surface area contributed by atoms with Gasteiger partial charge < -0.3 is 25.4 Å². The summed E-state index contributed by atoms with van der Waals surface area (Å²) in [6.07, 6.45) is -3.65. The summed E-state index contributed by atoms with van der Waals surface area (Å²) < 4.78 is 46.8. The van der Waals surface area contributed by atoms with Gasteiger partial charge in [-0.1, -0.05) is 12.1 Å². The van der Waals surface area contributed by atoms with Gasteiger partial charge in [0.25, 0.3) is 0 Å². The minimum atomic E-state index is -4.80. The Morgan fingerprint density at radius 3 is 2.40 bits per heavy atom. The molecule has 1 saturated heterocycles. The Morgan fingerprint density at radius 2 is 1.83 bits per heavy atom. The standard InChI is InChI=1S/C19H27F3N4O3.HI/c1-18(2,3)29-17(27)26-10-8-13(9-11-26)12-24-16(23)25-14-6-4-5-7-15(14)28-19(20,21)22;/h4-7,13H,8-12H2,1-3H3,(H3,23,24,25);1H. The van der Waals surface area contributed by atoms with Gasteiger partial charge >= 0.3 is 12.5 Å². The Kier molecular flexibility index (Phi) is 9.50. The van der Waals surface area contributed by atoms with Crippen LogP contribution < -0.4 is 15.8 Å². The number of likely N-dealkylation sites (tertiary alicyclic amines) is 1. The monoisotopic (exact) mass is 544 g/mol. The van der Waals surface area contributed by atoms with Crippen LogP contribution in [-0.4, -0.2) is 48.6 Å². The van der Waals surface area contributed by atoms with Gasteiger partial charge in [-0.05, 0) is 51.7 Å². The SMILES string of the molecule is CC(C)(C)OC(=O)N1CCC(CN=C(N)Nc2ccccc2OC(F)(F)F)CC1.I. The number of nitrogens with one attached hydrogen (secondary N) is 1. The molecular weight excluding hydrogens is 516 g/mol. The number of carbonyl (C=O) groups excluding carboxylic acids is 1. The second-order valence-electron chi connectivity index (χ2n) is 7.81. The van der Waals surface area contributed by atoms with E-state index in [0.717, 1.165) is 12.8 Å². The molecule has 1 aromatic carbocycles. The van der Waals surface area contributed by atoms with Crippen LogP contribution in [0.15, 0.2) is 29.3 Å². The number of nitrogens with zero attached hydrogens (tertiary/aromatic N) is 2. The molecule has 0 unspecified atom stereocenters. The van der Waals surface area contributed by atoms with Gasteiger partial charge in [0, 0.05) is 19.6 Å². The van der Waals surface area contributed by atoms with Crippen molar-refractivity contribution in [3.8, 4) is 5.75 Å². The zero-order valence-electron chi connectivity index (χ0n) is 17.2. The number of piperidine rings is 1. The van der Waals surface area contributed by atoms with Gasteiger partial charge in [-0.2, -0.15) is 0 Å². The Bertz CT molecular complexity index is 730. The van der Waals surface area contributed by atoms with Crippen molar-refractivity contribution in [2.45, 2.75) is 45.6 Å². The molecule has 7 nitrogen and oxygen atoms in total. The highest BCUT2D eigenvalue weighted by Crippen LogP contribution is 2.29. The summed E-state index contributed by atoms with van der Waals surface area (Å²) in [7, 11) is 0. The van der Waals surface area contributed by atoms with Gasteiger partial charge in [-0.3, -0.25) is 4.99 Å². The van der Waals surface area contributed by atoms with E-state index in [2.05, 4.69) is 15.0 Å². The molecule has 1 aliphatic rings. The predicted molar refractivity (Wildman–Crippen MR) is 119 cm³/mol. The lowest BCUT2D eigenvalue weighted by molar-refractivity contribution is -0.274. The average Bonchev–Trinajstić information content (AvgIpc) is 2.59. The molecule has 1 aromatic rings. The summed E-state index contributed by atoms with van der Waals surface area (Å²) >= 11 is 0. The molecule has 1 aliphatic heterocycles. The second kappa shape index (κ2) is 10.9. The first-order chi connectivity index (χ1) is 13.4. The van der Waals surface area contributed by atoms with Gasteiger partial charge in [0.1, 0.15) is 5.60 Å². The van der Waals surface area contributed by atoms with Crippen LogP contribution in [0.3, 0.4) is 0 Å². The number of benzene rings is 1. The molecule has 0 saturated carbocycles. The quantitative estimate of drug-likeness (QED) is 0.329. The molecule has 1 fully saturated rings. The number of alkyl halides is 3. The number of para-hydroxylation sites is 2. The third kappa shape index (κ3) is 9.26. The van der Waals surface area contributed by atoms with Crippen LogP contribution in [-0.2, 0) is 4.74 Å². The van der Waals surface area contributed by atoms with Crippen molar-refractivity contribution >= 4 is 41.7 Å². The van der Waals surface area contributed by atoms with Gasteiger partial charge in [-0.25, -0.2) is 4.79 Å². The van der Waals surface area contributed by atoms with E-state index in [1.165, 1.54) is 18.2 Å². The fourth-order valence-corrected chi connectivity index (χ4v) is 2.81. The van der Waals surface area contributed by atoms with Crippen LogP contribution in [0.2, 0.25) is 0 Å². The highest BCUT2D eigenvalue weighted by molar-refractivity contribution is 14.0. The molecule has 0 bridgehead atoms. The highest BCUT2D eigenvalue weighted by atomic mass is 127. The minimum Gasteiger partial charge on any atom is -0.444 e. The smallest absolute Gasteiger partial charge is 0.444 e. The maximum absolute atomic E-state index is 12.5. The van der Waals surface area contributed by atoms with Crippen molar-refractivity contribution in [1.29, 1.82) is 0 Å². The molecule has 11 heteroatoms. The lowest BCUT2D eigenvalue weighted by Crippen LogP contribution is -2.42. The van der Waals surface area contributed by atoms with E-state index in [4.69, 9.17) is 10.5 Å². The van der Waals surface area contributed by atoms with Gasteiger partial charge in [0.15, 0.2) is 11.7 Å². The molecule has 0 radical (unpaired) electrons. The zero-order chi connectivity index (χ0) is 21.7. The van der Waals surface area contributed by atoms with E-state index in [1.54, 1.807) is 11.0 Å². The normalized spacial score (nSPS) is 15.9. The number of aliphatic imine (C=N–C) groups is 1. The van der Waals surface area contributed by atoms with Crippen LogP contribution in [0.25, 0.3) is 0 Å². The summed E-state index contributed by atoms with van der Waals surface area (Å²) in [4.78, 5) is 18.0. The summed E-state index contributed by atoms with van der Waals surface area (Å²) in [5.74, 6) is -0.169. The predicted octanol–water partition coefficient (Wildman–Crippen LogP) is 4.58.